The number of hydrogen-bond donors (Lipinski definition) is 1. The van der Waals surface area contributed by atoms with Crippen LogP contribution in [0.3, 0.4) is 0 Å². The molecule has 0 bridgehead atoms. The van der Waals surface area contributed by atoms with Crippen LogP contribution in [0, 0.1) is 0 Å². The van der Waals surface area contributed by atoms with Crippen molar-refractivity contribution < 1.29 is 4.79 Å². The fraction of sp³-hybridized carbons (Fsp3) is 0.500. The Balaban J connectivity index is 2.24. The molecule has 1 aliphatic heterocycles. The first-order chi connectivity index (χ1) is 8.27. The van der Waals surface area contributed by atoms with E-state index >= 15 is 0 Å². The Morgan fingerprint density at radius 3 is 2.94 bits per heavy atom. The van der Waals surface area contributed by atoms with E-state index in [1.807, 2.05) is 29.2 Å². The Hall–Kier alpha value is -1.35. The first-order valence-electron chi connectivity index (χ1n) is 6.36. The lowest BCUT2D eigenvalue weighted by atomic mass is 10.0. The van der Waals surface area contributed by atoms with Crippen LogP contribution in [-0.4, -0.2) is 29.9 Å². The van der Waals surface area contributed by atoms with Gasteiger partial charge in [0, 0.05) is 24.7 Å². The van der Waals surface area contributed by atoms with Gasteiger partial charge in [-0.15, -0.1) is 0 Å². The van der Waals surface area contributed by atoms with E-state index in [2.05, 4.69) is 6.92 Å². The molecule has 0 saturated carbocycles. The highest BCUT2D eigenvalue weighted by Crippen LogP contribution is 2.21. The van der Waals surface area contributed by atoms with Crippen molar-refractivity contribution in [1.29, 1.82) is 0 Å². The zero-order chi connectivity index (χ0) is 12.3. The second-order valence-electron chi connectivity index (χ2n) is 4.54. The molecule has 0 aliphatic carbocycles. The molecule has 17 heavy (non-hydrogen) atoms. The lowest BCUT2D eigenvalue weighted by Crippen LogP contribution is -2.40. The van der Waals surface area contributed by atoms with Gasteiger partial charge in [-0.2, -0.15) is 0 Å². The fourth-order valence-electron chi connectivity index (χ4n) is 2.54. The Labute approximate surface area is 103 Å². The van der Waals surface area contributed by atoms with Crippen molar-refractivity contribution >= 4 is 5.91 Å². The van der Waals surface area contributed by atoms with E-state index in [0.29, 0.717) is 6.54 Å². The normalized spacial score (nSPS) is 19.6. The van der Waals surface area contributed by atoms with Gasteiger partial charge in [-0.25, -0.2) is 0 Å². The molecule has 1 aliphatic rings. The Kier molecular flexibility index (Phi) is 3.79. The molecule has 1 fully saturated rings. The van der Waals surface area contributed by atoms with Crippen LogP contribution in [0.4, 0.5) is 0 Å². The van der Waals surface area contributed by atoms with Gasteiger partial charge in [0.1, 0.15) is 0 Å². The Morgan fingerprint density at radius 2 is 2.24 bits per heavy atom. The molecule has 0 radical (unpaired) electrons. The molecule has 2 N–H and O–H groups in total. The van der Waals surface area contributed by atoms with Crippen LogP contribution in [0.15, 0.2) is 24.3 Å². The number of carbonyl (C=O) groups excluding carboxylic acids is 1. The minimum atomic E-state index is 0.149. The number of hydrogen-bond acceptors (Lipinski definition) is 2. The molecule has 1 amide bonds. The van der Waals surface area contributed by atoms with Crippen LogP contribution < -0.4 is 5.73 Å². The van der Waals surface area contributed by atoms with Crippen LogP contribution in [-0.2, 0) is 6.42 Å². The van der Waals surface area contributed by atoms with Crippen molar-refractivity contribution in [2.75, 3.05) is 13.1 Å². The Bertz CT molecular complexity index is 403. The summed E-state index contributed by atoms with van der Waals surface area (Å²) in [4.78, 5) is 14.4. The summed E-state index contributed by atoms with van der Waals surface area (Å²) in [6.07, 6.45) is 3.00. The number of likely N-dealkylation sites (tertiary alicyclic amines) is 1. The predicted octanol–water partition coefficient (Wildman–Crippen LogP) is 1.81. The summed E-state index contributed by atoms with van der Waals surface area (Å²) < 4.78 is 0. The SMILES string of the molecule is CCc1ccccc1C(=O)N1CCCC1CN. The van der Waals surface area contributed by atoms with E-state index in [-0.39, 0.29) is 11.9 Å². The third-order valence-electron chi connectivity index (χ3n) is 3.54. The van der Waals surface area contributed by atoms with Gasteiger partial charge in [0.2, 0.25) is 0 Å². The molecule has 1 aromatic carbocycles. The maximum absolute atomic E-state index is 12.5. The highest BCUT2D eigenvalue weighted by molar-refractivity contribution is 5.96. The molecule has 1 atom stereocenters. The summed E-state index contributed by atoms with van der Waals surface area (Å²) in [6, 6.07) is 8.10. The molecule has 2 rings (SSSR count). The van der Waals surface area contributed by atoms with Crippen LogP contribution in [0.5, 0.6) is 0 Å². The number of nitrogens with two attached hydrogens (primary N) is 1. The van der Waals surface area contributed by atoms with Crippen molar-refractivity contribution in [3.05, 3.63) is 35.4 Å². The van der Waals surface area contributed by atoms with Gasteiger partial charge in [0.25, 0.3) is 5.91 Å². The zero-order valence-electron chi connectivity index (χ0n) is 10.4. The van der Waals surface area contributed by atoms with E-state index in [1.165, 1.54) is 0 Å². The maximum atomic E-state index is 12.5. The van der Waals surface area contributed by atoms with E-state index < -0.39 is 0 Å². The van der Waals surface area contributed by atoms with Crippen LogP contribution in [0.2, 0.25) is 0 Å². The number of benzene rings is 1. The first kappa shape index (κ1) is 12.1. The average molecular weight is 232 g/mol. The standard InChI is InChI=1S/C14H20N2O/c1-2-11-6-3-4-8-13(11)14(17)16-9-5-7-12(16)10-15/h3-4,6,8,12H,2,5,7,9-10,15H2,1H3. The number of carbonyl (C=O) groups is 1. The summed E-state index contributed by atoms with van der Waals surface area (Å²) >= 11 is 0. The summed E-state index contributed by atoms with van der Waals surface area (Å²) in [7, 11) is 0. The summed E-state index contributed by atoms with van der Waals surface area (Å²) in [5, 5.41) is 0. The molecule has 3 nitrogen and oxygen atoms in total. The van der Waals surface area contributed by atoms with Gasteiger partial charge in [0.05, 0.1) is 0 Å². The molecule has 1 heterocycles. The second-order valence-corrected chi connectivity index (χ2v) is 4.54. The van der Waals surface area contributed by atoms with Gasteiger partial charge >= 0.3 is 0 Å². The quantitative estimate of drug-likeness (QED) is 0.864. The van der Waals surface area contributed by atoms with E-state index in [1.54, 1.807) is 0 Å². The summed E-state index contributed by atoms with van der Waals surface area (Å²) in [5.41, 5.74) is 7.68. The third kappa shape index (κ3) is 2.34. The molecule has 1 aromatic rings. The third-order valence-corrected chi connectivity index (χ3v) is 3.54. The van der Waals surface area contributed by atoms with Crippen molar-refractivity contribution in [3.63, 3.8) is 0 Å². The van der Waals surface area contributed by atoms with Crippen molar-refractivity contribution in [2.24, 2.45) is 5.73 Å². The highest BCUT2D eigenvalue weighted by atomic mass is 16.2. The number of nitrogens with zero attached hydrogens (tertiary/aromatic N) is 1. The van der Waals surface area contributed by atoms with Gasteiger partial charge in [-0.05, 0) is 30.9 Å². The number of amides is 1. The topological polar surface area (TPSA) is 46.3 Å². The van der Waals surface area contributed by atoms with Gasteiger partial charge in [0.15, 0.2) is 0 Å². The smallest absolute Gasteiger partial charge is 0.254 e. The lowest BCUT2D eigenvalue weighted by Gasteiger charge is -2.24. The summed E-state index contributed by atoms with van der Waals surface area (Å²) in [6.45, 7) is 3.50. The molecule has 0 aromatic heterocycles. The second kappa shape index (κ2) is 5.32. The van der Waals surface area contributed by atoms with Gasteiger partial charge in [-0.1, -0.05) is 25.1 Å². The van der Waals surface area contributed by atoms with Crippen molar-refractivity contribution in [2.45, 2.75) is 32.2 Å². The minimum Gasteiger partial charge on any atom is -0.334 e. The number of aryl methyl sites for hydroxylation is 1. The van der Waals surface area contributed by atoms with Crippen molar-refractivity contribution in [1.82, 2.24) is 4.90 Å². The molecular formula is C14H20N2O. The monoisotopic (exact) mass is 232 g/mol. The fourth-order valence-corrected chi connectivity index (χ4v) is 2.54. The molecule has 92 valence electrons. The summed E-state index contributed by atoms with van der Waals surface area (Å²) in [5.74, 6) is 0.149. The molecule has 1 unspecified atom stereocenters. The van der Waals surface area contributed by atoms with E-state index in [0.717, 1.165) is 36.9 Å². The molecule has 3 heteroatoms. The van der Waals surface area contributed by atoms with Gasteiger partial charge < -0.3 is 10.6 Å². The van der Waals surface area contributed by atoms with Gasteiger partial charge in [-0.3, -0.25) is 4.79 Å². The van der Waals surface area contributed by atoms with Crippen LogP contribution in [0.25, 0.3) is 0 Å². The van der Waals surface area contributed by atoms with E-state index in [9.17, 15) is 4.79 Å². The first-order valence-corrected chi connectivity index (χ1v) is 6.36. The van der Waals surface area contributed by atoms with E-state index in [4.69, 9.17) is 5.73 Å². The highest BCUT2D eigenvalue weighted by Gasteiger charge is 2.28. The lowest BCUT2D eigenvalue weighted by molar-refractivity contribution is 0.0740. The minimum absolute atomic E-state index is 0.149. The van der Waals surface area contributed by atoms with Crippen LogP contribution >= 0.6 is 0 Å². The number of rotatable bonds is 3. The Morgan fingerprint density at radius 1 is 1.47 bits per heavy atom. The van der Waals surface area contributed by atoms with Crippen LogP contribution in [0.1, 0.15) is 35.7 Å². The predicted molar refractivity (Wildman–Crippen MR) is 68.9 cm³/mol. The van der Waals surface area contributed by atoms with Crippen molar-refractivity contribution in [3.8, 4) is 0 Å². The zero-order valence-corrected chi connectivity index (χ0v) is 10.4. The average Bonchev–Trinajstić information content (AvgIpc) is 2.86. The molecule has 1 saturated heterocycles. The molecule has 0 spiro atoms. The molecular weight excluding hydrogens is 212 g/mol. The largest absolute Gasteiger partial charge is 0.334 e. The maximum Gasteiger partial charge on any atom is 0.254 e.